The number of aromatic nitrogens is 3. The molecule has 33 heavy (non-hydrogen) atoms. The molecule has 0 saturated carbocycles. The van der Waals surface area contributed by atoms with Crippen molar-refractivity contribution in [3.63, 3.8) is 0 Å². The topological polar surface area (TPSA) is 61.0 Å². The zero-order valence-corrected chi connectivity index (χ0v) is 17.3. The molecule has 0 radical (unpaired) electrons. The third-order valence-electron chi connectivity index (χ3n) is 5.06. The molecule has 5 rings (SSSR count). The number of benzene rings is 3. The molecular formula is C26H17F2N3O2. The van der Waals surface area contributed by atoms with Crippen LogP contribution in [-0.4, -0.2) is 15.2 Å². The molecule has 0 aliphatic carbocycles. The predicted octanol–water partition coefficient (Wildman–Crippen LogP) is 6.06. The fourth-order valence-electron chi connectivity index (χ4n) is 3.41. The Labute approximate surface area is 188 Å². The molecule has 162 valence electrons. The average molecular weight is 441 g/mol. The molecule has 0 spiro atoms. The highest BCUT2D eigenvalue weighted by molar-refractivity contribution is 5.88. The first-order valence-corrected chi connectivity index (χ1v) is 10.2. The molecule has 3 aromatic carbocycles. The lowest BCUT2D eigenvalue weighted by Crippen LogP contribution is -1.98. The molecule has 0 bridgehead atoms. The van der Waals surface area contributed by atoms with Crippen molar-refractivity contribution in [2.24, 2.45) is 0 Å². The van der Waals surface area contributed by atoms with Crippen molar-refractivity contribution in [1.29, 1.82) is 0 Å². The van der Waals surface area contributed by atoms with Crippen LogP contribution in [0.2, 0.25) is 0 Å². The lowest BCUT2D eigenvalue weighted by atomic mass is 10.0. The number of halogens is 2. The van der Waals surface area contributed by atoms with Crippen molar-refractivity contribution in [2.45, 2.75) is 6.61 Å². The normalized spacial score (nSPS) is 11.6. The second-order valence-electron chi connectivity index (χ2n) is 7.28. The van der Waals surface area contributed by atoms with E-state index in [1.165, 1.54) is 24.6 Å². The van der Waals surface area contributed by atoms with E-state index < -0.39 is 11.6 Å². The van der Waals surface area contributed by atoms with Crippen LogP contribution < -0.4 is 4.74 Å². The zero-order valence-electron chi connectivity index (χ0n) is 17.3. The number of para-hydroxylation sites is 1. The molecule has 0 aliphatic rings. The minimum atomic E-state index is -0.685. The molecule has 2 aromatic heterocycles. The second kappa shape index (κ2) is 9.00. The minimum absolute atomic E-state index is 0.201. The van der Waals surface area contributed by atoms with Gasteiger partial charge in [-0.25, -0.2) is 13.8 Å². The monoisotopic (exact) mass is 441 g/mol. The number of rotatable bonds is 6. The van der Waals surface area contributed by atoms with Gasteiger partial charge in [-0.15, -0.1) is 10.2 Å². The Morgan fingerprint density at radius 3 is 2.58 bits per heavy atom. The summed E-state index contributed by atoms with van der Waals surface area (Å²) in [6.45, 7) is 0.317. The number of hydrogen-bond donors (Lipinski definition) is 0. The SMILES string of the molecule is Fc1ccc(C=C(c2ccc(OCc3ccc4ccccc4n3)cc2)c2nnco2)c(F)c1. The fraction of sp³-hybridized carbons (Fsp3) is 0.0385. The fourth-order valence-corrected chi connectivity index (χ4v) is 3.41. The van der Waals surface area contributed by atoms with Crippen LogP contribution in [0, 0.1) is 11.6 Å². The largest absolute Gasteiger partial charge is 0.487 e. The van der Waals surface area contributed by atoms with Gasteiger partial charge in [0.05, 0.1) is 11.2 Å². The number of hydrogen-bond acceptors (Lipinski definition) is 5. The van der Waals surface area contributed by atoms with Crippen molar-refractivity contribution in [2.75, 3.05) is 0 Å². The highest BCUT2D eigenvalue weighted by Crippen LogP contribution is 2.27. The Hall–Kier alpha value is -4.39. The van der Waals surface area contributed by atoms with Crippen LogP contribution >= 0.6 is 0 Å². The summed E-state index contributed by atoms with van der Waals surface area (Å²) in [4.78, 5) is 4.61. The van der Waals surface area contributed by atoms with Crippen molar-refractivity contribution in [3.8, 4) is 5.75 Å². The van der Waals surface area contributed by atoms with Crippen LogP contribution in [0.25, 0.3) is 22.6 Å². The van der Waals surface area contributed by atoms with E-state index >= 15 is 0 Å². The molecule has 0 N–H and O–H groups in total. The predicted molar refractivity (Wildman–Crippen MR) is 120 cm³/mol. The van der Waals surface area contributed by atoms with Gasteiger partial charge in [0.25, 0.3) is 0 Å². The summed E-state index contributed by atoms with van der Waals surface area (Å²) < 4.78 is 38.7. The Bertz CT molecular complexity index is 1430. The Balaban J connectivity index is 1.38. The van der Waals surface area contributed by atoms with Gasteiger partial charge in [-0.1, -0.05) is 36.4 Å². The van der Waals surface area contributed by atoms with E-state index in [9.17, 15) is 8.78 Å². The highest BCUT2D eigenvalue weighted by atomic mass is 19.1. The zero-order chi connectivity index (χ0) is 22.6. The highest BCUT2D eigenvalue weighted by Gasteiger charge is 2.13. The molecule has 0 amide bonds. The Kier molecular flexibility index (Phi) is 5.59. The molecule has 0 atom stereocenters. The van der Waals surface area contributed by atoms with E-state index in [0.717, 1.165) is 22.7 Å². The molecular weight excluding hydrogens is 424 g/mol. The van der Waals surface area contributed by atoms with Gasteiger partial charge in [-0.3, -0.25) is 0 Å². The number of pyridine rings is 1. The lowest BCUT2D eigenvalue weighted by Gasteiger charge is -2.09. The lowest BCUT2D eigenvalue weighted by molar-refractivity contribution is 0.302. The molecule has 0 fully saturated rings. The molecule has 0 saturated heterocycles. The third kappa shape index (κ3) is 4.62. The van der Waals surface area contributed by atoms with Crippen LogP contribution in [0.3, 0.4) is 0 Å². The maximum absolute atomic E-state index is 14.2. The molecule has 0 unspecified atom stereocenters. The summed E-state index contributed by atoms with van der Waals surface area (Å²) in [5.74, 6) is -0.472. The molecule has 5 aromatic rings. The van der Waals surface area contributed by atoms with Crippen LogP contribution in [0.5, 0.6) is 5.75 Å². The minimum Gasteiger partial charge on any atom is -0.487 e. The second-order valence-corrected chi connectivity index (χ2v) is 7.28. The Morgan fingerprint density at radius 2 is 1.79 bits per heavy atom. The van der Waals surface area contributed by atoms with Crippen molar-refractivity contribution >= 4 is 22.6 Å². The van der Waals surface area contributed by atoms with E-state index in [4.69, 9.17) is 9.15 Å². The van der Waals surface area contributed by atoms with Gasteiger partial charge in [0.1, 0.15) is 24.0 Å². The first-order chi connectivity index (χ1) is 16.2. The molecule has 2 heterocycles. The van der Waals surface area contributed by atoms with E-state index in [1.807, 2.05) is 36.4 Å². The summed E-state index contributed by atoms with van der Waals surface area (Å²) in [6.07, 6.45) is 2.73. The summed E-state index contributed by atoms with van der Waals surface area (Å²) in [5, 5.41) is 8.72. The van der Waals surface area contributed by atoms with Gasteiger partial charge in [-0.2, -0.15) is 0 Å². The molecule has 0 aliphatic heterocycles. The number of ether oxygens (including phenoxy) is 1. The van der Waals surface area contributed by atoms with E-state index in [2.05, 4.69) is 15.2 Å². The molecule has 7 heteroatoms. The third-order valence-corrected chi connectivity index (χ3v) is 5.06. The van der Waals surface area contributed by atoms with Gasteiger partial charge >= 0.3 is 0 Å². The summed E-state index contributed by atoms with van der Waals surface area (Å²) in [7, 11) is 0. The summed E-state index contributed by atoms with van der Waals surface area (Å²) >= 11 is 0. The van der Waals surface area contributed by atoms with Crippen LogP contribution in [0.4, 0.5) is 8.78 Å². The van der Waals surface area contributed by atoms with Gasteiger partial charge in [0, 0.05) is 22.6 Å². The van der Waals surface area contributed by atoms with Crippen molar-refractivity contribution in [1.82, 2.24) is 15.2 Å². The van der Waals surface area contributed by atoms with Crippen LogP contribution in [0.15, 0.2) is 89.7 Å². The van der Waals surface area contributed by atoms with E-state index in [-0.39, 0.29) is 11.5 Å². The quantitative estimate of drug-likeness (QED) is 0.300. The Morgan fingerprint density at radius 1 is 0.939 bits per heavy atom. The van der Waals surface area contributed by atoms with Crippen molar-refractivity contribution in [3.05, 3.63) is 120 Å². The van der Waals surface area contributed by atoms with Gasteiger partial charge in [0.2, 0.25) is 12.3 Å². The first-order valence-electron chi connectivity index (χ1n) is 10.2. The smallest absolute Gasteiger partial charge is 0.248 e. The average Bonchev–Trinajstić information content (AvgIpc) is 3.37. The van der Waals surface area contributed by atoms with Crippen LogP contribution in [-0.2, 0) is 6.61 Å². The van der Waals surface area contributed by atoms with E-state index in [1.54, 1.807) is 24.3 Å². The maximum Gasteiger partial charge on any atom is 0.248 e. The van der Waals surface area contributed by atoms with Crippen LogP contribution in [0.1, 0.15) is 22.7 Å². The summed E-state index contributed by atoms with van der Waals surface area (Å²) in [5.41, 5.74) is 3.14. The summed E-state index contributed by atoms with van der Waals surface area (Å²) in [6, 6.07) is 22.4. The maximum atomic E-state index is 14.2. The van der Waals surface area contributed by atoms with Crippen molar-refractivity contribution < 1.29 is 17.9 Å². The molecule has 5 nitrogen and oxygen atoms in total. The van der Waals surface area contributed by atoms with Gasteiger partial charge in [0.15, 0.2) is 0 Å². The number of nitrogens with zero attached hydrogens (tertiary/aromatic N) is 3. The number of fused-ring (bicyclic) bond motifs is 1. The van der Waals surface area contributed by atoms with E-state index in [0.29, 0.717) is 23.5 Å². The van der Waals surface area contributed by atoms with Gasteiger partial charge < -0.3 is 9.15 Å². The first kappa shape index (κ1) is 20.5. The standard InChI is InChI=1S/C26H17F2N3O2/c27-20-9-5-19(24(28)14-20)13-23(26-31-29-16-33-26)17-7-11-22(12-8-17)32-15-21-10-6-18-3-1-2-4-25(18)30-21/h1-14,16H,15H2. The van der Waals surface area contributed by atoms with Gasteiger partial charge in [-0.05, 0) is 48.0 Å².